The average molecular weight is 212 g/mol. The molecule has 1 aromatic heterocycles. The molecule has 0 radical (unpaired) electrons. The quantitative estimate of drug-likeness (QED) is 0.249. The van der Waals surface area contributed by atoms with Crippen LogP contribution in [-0.4, -0.2) is 37.4 Å². The largest absolute Gasteiger partial charge is 0.451 e. The molecule has 82 valence electrons. The zero-order valence-electron chi connectivity index (χ0n) is 8.71. The molecule has 0 amide bonds. The van der Waals surface area contributed by atoms with Crippen LogP contribution in [-0.2, 0) is 9.53 Å². The Hall–Kier alpha value is -1.92. The van der Waals surface area contributed by atoms with Gasteiger partial charge in [-0.3, -0.25) is 4.79 Å². The Morgan fingerprint density at radius 1 is 1.60 bits per heavy atom. The summed E-state index contributed by atoms with van der Waals surface area (Å²) in [5, 5.41) is 15.7. The maximum Gasteiger partial charge on any atom is 0.303 e. The minimum absolute atomic E-state index is 0.0789. The normalized spacial score (nSPS) is 12.6. The molecule has 0 saturated heterocycles. The number of rotatable bonds is 2. The monoisotopic (exact) mass is 212 g/mol. The Morgan fingerprint density at radius 3 is 2.67 bits per heavy atom. The predicted molar refractivity (Wildman–Crippen MR) is 50.5 cm³/mol. The molecule has 0 fully saturated rings. The van der Waals surface area contributed by atoms with Crippen LogP contribution < -0.4 is 0 Å². The Kier molecular flexibility index (Phi) is 3.03. The van der Waals surface area contributed by atoms with Gasteiger partial charge in [0.15, 0.2) is 5.60 Å². The van der Waals surface area contributed by atoms with Crippen molar-refractivity contribution in [1.29, 1.82) is 0 Å². The first-order chi connectivity index (χ1) is 6.97. The third-order valence-corrected chi connectivity index (χ3v) is 1.67. The van der Waals surface area contributed by atoms with Gasteiger partial charge in [0.1, 0.15) is 12.7 Å². The fourth-order valence-electron chi connectivity index (χ4n) is 1.16. The average Bonchev–Trinajstić information content (AvgIpc) is 2.54. The summed E-state index contributed by atoms with van der Waals surface area (Å²) in [5.41, 5.74) is -1.08. The topological polar surface area (TPSA) is 89.6 Å². The van der Waals surface area contributed by atoms with Crippen LogP contribution in [0.15, 0.2) is 17.8 Å². The summed E-state index contributed by atoms with van der Waals surface area (Å²) < 4.78 is 6.22. The van der Waals surface area contributed by atoms with Gasteiger partial charge in [0, 0.05) is 6.92 Å². The number of nitrogens with zero attached hydrogens (tertiary/aromatic N) is 4. The van der Waals surface area contributed by atoms with E-state index in [4.69, 9.17) is 9.94 Å². The van der Waals surface area contributed by atoms with Crippen molar-refractivity contribution in [3.63, 3.8) is 0 Å². The van der Waals surface area contributed by atoms with E-state index in [9.17, 15) is 4.79 Å². The van der Waals surface area contributed by atoms with Crippen LogP contribution in [0.3, 0.4) is 0 Å². The molecule has 0 aliphatic rings. The highest BCUT2D eigenvalue weighted by atomic mass is 16.6. The third-order valence-electron chi connectivity index (χ3n) is 1.67. The molecule has 7 nitrogen and oxygen atoms in total. The van der Waals surface area contributed by atoms with Crippen LogP contribution in [0.4, 0.5) is 0 Å². The van der Waals surface area contributed by atoms with Crippen LogP contribution in [0.1, 0.15) is 20.8 Å². The summed E-state index contributed by atoms with van der Waals surface area (Å²) in [6.07, 6.45) is 2.63. The van der Waals surface area contributed by atoms with Gasteiger partial charge in [0.2, 0.25) is 5.84 Å². The Bertz CT molecular complexity index is 369. The molecule has 0 aliphatic carbocycles. The van der Waals surface area contributed by atoms with Crippen LogP contribution in [0.5, 0.6) is 0 Å². The summed E-state index contributed by atoms with van der Waals surface area (Å²) in [4.78, 5) is 14.5. The second-order valence-corrected chi connectivity index (χ2v) is 3.37. The van der Waals surface area contributed by atoms with E-state index >= 15 is 0 Å². The zero-order valence-corrected chi connectivity index (χ0v) is 8.71. The highest BCUT2D eigenvalue weighted by Crippen LogP contribution is 2.13. The van der Waals surface area contributed by atoms with Crippen LogP contribution in [0.25, 0.3) is 0 Å². The Morgan fingerprint density at radius 2 is 2.27 bits per heavy atom. The van der Waals surface area contributed by atoms with E-state index in [1.54, 1.807) is 13.8 Å². The highest BCUT2D eigenvalue weighted by Gasteiger charge is 2.31. The number of carbonyl (C=O) groups excluding carboxylic acids is 1. The summed E-state index contributed by atoms with van der Waals surface area (Å²) in [6.45, 7) is 4.45. The molecule has 0 spiro atoms. The molecule has 0 saturated carbocycles. The minimum Gasteiger partial charge on any atom is -0.451 e. The first-order valence-electron chi connectivity index (χ1n) is 4.24. The fraction of sp³-hybridized carbons (Fsp3) is 0.500. The van der Waals surface area contributed by atoms with Gasteiger partial charge in [-0.1, -0.05) is 5.16 Å². The predicted octanol–water partition coefficient (Wildman–Crippen LogP) is 0.256. The zero-order chi connectivity index (χ0) is 11.5. The lowest BCUT2D eigenvalue weighted by Gasteiger charge is -2.24. The van der Waals surface area contributed by atoms with Gasteiger partial charge in [0.25, 0.3) is 0 Å². The van der Waals surface area contributed by atoms with Gasteiger partial charge < -0.3 is 9.94 Å². The van der Waals surface area contributed by atoms with Crippen LogP contribution in [0, 0.1) is 0 Å². The molecule has 0 aromatic carbocycles. The smallest absolute Gasteiger partial charge is 0.303 e. The number of hydrogen-bond acceptors (Lipinski definition) is 6. The molecular weight excluding hydrogens is 200 g/mol. The lowest BCUT2D eigenvalue weighted by atomic mass is 10.1. The van der Waals surface area contributed by atoms with Gasteiger partial charge in [0.05, 0.1) is 0 Å². The van der Waals surface area contributed by atoms with Crippen molar-refractivity contribution < 1.29 is 14.7 Å². The van der Waals surface area contributed by atoms with Crippen LogP contribution in [0.2, 0.25) is 0 Å². The highest BCUT2D eigenvalue weighted by molar-refractivity contribution is 5.92. The number of ether oxygens (including phenoxy) is 1. The molecule has 1 heterocycles. The maximum absolute atomic E-state index is 10.8. The van der Waals surface area contributed by atoms with Crippen molar-refractivity contribution in [2.24, 2.45) is 5.16 Å². The second-order valence-electron chi connectivity index (χ2n) is 3.37. The van der Waals surface area contributed by atoms with E-state index in [-0.39, 0.29) is 5.84 Å². The first kappa shape index (κ1) is 11.2. The van der Waals surface area contributed by atoms with E-state index in [0.29, 0.717) is 0 Å². The molecule has 0 atom stereocenters. The van der Waals surface area contributed by atoms with Gasteiger partial charge in [-0.25, -0.2) is 4.98 Å². The summed E-state index contributed by atoms with van der Waals surface area (Å²) in [7, 11) is 0. The number of carbonyl (C=O) groups is 1. The molecule has 0 bridgehead atoms. The molecule has 0 unspecified atom stereocenters. The summed E-state index contributed by atoms with van der Waals surface area (Å²) in [5.74, 6) is -0.392. The molecule has 15 heavy (non-hydrogen) atoms. The van der Waals surface area contributed by atoms with Gasteiger partial charge >= 0.3 is 5.97 Å². The van der Waals surface area contributed by atoms with Crippen molar-refractivity contribution in [2.75, 3.05) is 0 Å². The lowest BCUT2D eigenvalue weighted by Crippen LogP contribution is -2.41. The molecule has 1 aromatic rings. The van der Waals surface area contributed by atoms with E-state index in [2.05, 4.69) is 15.2 Å². The molecular formula is C8H12N4O3. The third kappa shape index (κ3) is 2.52. The number of esters is 1. The number of aromatic nitrogens is 3. The van der Waals surface area contributed by atoms with E-state index in [0.717, 1.165) is 0 Å². The Balaban J connectivity index is 2.98. The second kappa shape index (κ2) is 4.07. The lowest BCUT2D eigenvalue weighted by molar-refractivity contribution is -0.148. The van der Waals surface area contributed by atoms with E-state index in [1.807, 2.05) is 0 Å². The van der Waals surface area contributed by atoms with Crippen molar-refractivity contribution >= 4 is 11.8 Å². The van der Waals surface area contributed by atoms with Crippen molar-refractivity contribution in [2.45, 2.75) is 26.4 Å². The fourth-order valence-corrected chi connectivity index (χ4v) is 1.16. The minimum atomic E-state index is -1.08. The van der Waals surface area contributed by atoms with Crippen LogP contribution >= 0.6 is 0 Å². The number of hydrogen-bond donors (Lipinski definition) is 1. The molecule has 1 N–H and O–H groups in total. The van der Waals surface area contributed by atoms with Crippen molar-refractivity contribution in [1.82, 2.24) is 14.8 Å². The SMILES string of the molecule is CC(=O)OC(C)(C)/C(=N/O)n1cncn1. The summed E-state index contributed by atoms with van der Waals surface area (Å²) in [6, 6.07) is 0. The van der Waals surface area contributed by atoms with Gasteiger partial charge in [-0.2, -0.15) is 9.78 Å². The van der Waals surface area contributed by atoms with E-state index < -0.39 is 11.6 Å². The molecule has 1 rings (SSSR count). The van der Waals surface area contributed by atoms with E-state index in [1.165, 1.54) is 24.3 Å². The van der Waals surface area contributed by atoms with Gasteiger partial charge in [-0.05, 0) is 13.8 Å². The standard InChI is InChI=1S/C8H12N4O3/c1-6(13)15-8(2,3)7(11-14)12-5-9-4-10-12/h4-5,14H,1-3H3/b11-7-. The molecule has 0 aliphatic heterocycles. The summed E-state index contributed by atoms with van der Waals surface area (Å²) >= 11 is 0. The van der Waals surface area contributed by atoms with Crippen molar-refractivity contribution in [3.8, 4) is 0 Å². The first-order valence-corrected chi connectivity index (χ1v) is 4.24. The Labute approximate surface area is 86.4 Å². The van der Waals surface area contributed by atoms with Gasteiger partial charge in [-0.15, -0.1) is 0 Å². The number of oxime groups is 1. The molecule has 7 heteroatoms. The van der Waals surface area contributed by atoms with Crippen molar-refractivity contribution in [3.05, 3.63) is 12.7 Å². The maximum atomic E-state index is 10.8.